The number of halogens is 2. The lowest BCUT2D eigenvalue weighted by Crippen LogP contribution is -2.16. The Labute approximate surface area is 106 Å². The maximum absolute atomic E-state index is 10.7. The molecule has 0 aliphatic heterocycles. The standard InChI is InChI=1S/C9H10BrNO4.ClH/c10-5-2-1-4(9(14)15)8(13)7(5)6(11)3-12;/h1-2,6,12-13H,3,11H2,(H,14,15);1H/t6-;/m1./s1. The van der Waals surface area contributed by atoms with Gasteiger partial charge in [0.05, 0.1) is 12.6 Å². The van der Waals surface area contributed by atoms with Crippen LogP contribution < -0.4 is 5.73 Å². The smallest absolute Gasteiger partial charge is 0.339 e. The minimum absolute atomic E-state index is 0. The molecular weight excluding hydrogens is 301 g/mol. The lowest BCUT2D eigenvalue weighted by atomic mass is 10.0. The highest BCUT2D eigenvalue weighted by Gasteiger charge is 2.20. The topological polar surface area (TPSA) is 104 Å². The molecule has 0 aliphatic carbocycles. The van der Waals surface area contributed by atoms with E-state index in [0.717, 1.165) is 0 Å². The molecule has 0 saturated heterocycles. The number of phenols is 1. The van der Waals surface area contributed by atoms with Gasteiger partial charge in [-0.05, 0) is 12.1 Å². The molecule has 0 spiro atoms. The van der Waals surface area contributed by atoms with E-state index in [0.29, 0.717) is 4.47 Å². The molecule has 1 aromatic carbocycles. The van der Waals surface area contributed by atoms with Crippen LogP contribution in [-0.2, 0) is 0 Å². The summed E-state index contributed by atoms with van der Waals surface area (Å²) in [6, 6.07) is 1.90. The Bertz CT molecular complexity index is 399. The number of nitrogens with two attached hydrogens (primary N) is 1. The van der Waals surface area contributed by atoms with Crippen molar-refractivity contribution in [3.63, 3.8) is 0 Å². The third-order valence-electron chi connectivity index (χ3n) is 1.96. The Balaban J connectivity index is 0.00000225. The molecule has 0 unspecified atom stereocenters. The van der Waals surface area contributed by atoms with Gasteiger partial charge in [0.2, 0.25) is 0 Å². The molecule has 0 bridgehead atoms. The summed E-state index contributed by atoms with van der Waals surface area (Å²) in [5.41, 5.74) is 5.49. The van der Waals surface area contributed by atoms with Gasteiger partial charge in [0.1, 0.15) is 11.3 Å². The highest BCUT2D eigenvalue weighted by atomic mass is 79.9. The Morgan fingerprint density at radius 3 is 2.50 bits per heavy atom. The average Bonchev–Trinajstić information content (AvgIpc) is 2.16. The first-order valence-electron chi connectivity index (χ1n) is 4.10. The van der Waals surface area contributed by atoms with E-state index in [2.05, 4.69) is 15.9 Å². The summed E-state index contributed by atoms with van der Waals surface area (Å²) in [4.78, 5) is 10.7. The quantitative estimate of drug-likeness (QED) is 0.673. The van der Waals surface area contributed by atoms with Crippen molar-refractivity contribution in [3.8, 4) is 5.75 Å². The van der Waals surface area contributed by atoms with Gasteiger partial charge in [-0.2, -0.15) is 0 Å². The van der Waals surface area contributed by atoms with Crippen LogP contribution in [0.2, 0.25) is 0 Å². The molecule has 5 N–H and O–H groups in total. The molecule has 16 heavy (non-hydrogen) atoms. The van der Waals surface area contributed by atoms with E-state index in [1.54, 1.807) is 0 Å². The molecule has 5 nitrogen and oxygen atoms in total. The lowest BCUT2D eigenvalue weighted by molar-refractivity contribution is 0.0693. The van der Waals surface area contributed by atoms with Crippen LogP contribution in [0.15, 0.2) is 16.6 Å². The summed E-state index contributed by atoms with van der Waals surface area (Å²) in [5.74, 6) is -1.66. The van der Waals surface area contributed by atoms with Gasteiger partial charge in [-0.25, -0.2) is 4.79 Å². The second-order valence-electron chi connectivity index (χ2n) is 2.95. The van der Waals surface area contributed by atoms with Gasteiger partial charge in [0, 0.05) is 10.0 Å². The molecule has 90 valence electrons. The Morgan fingerprint density at radius 2 is 2.06 bits per heavy atom. The van der Waals surface area contributed by atoms with Crippen molar-refractivity contribution in [2.75, 3.05) is 6.61 Å². The van der Waals surface area contributed by atoms with Crippen molar-refractivity contribution >= 4 is 34.3 Å². The van der Waals surface area contributed by atoms with E-state index in [1.165, 1.54) is 12.1 Å². The first kappa shape index (κ1) is 15.2. The second kappa shape index (κ2) is 6.05. The summed E-state index contributed by atoms with van der Waals surface area (Å²) in [6.07, 6.45) is 0. The number of hydrogen-bond acceptors (Lipinski definition) is 4. The zero-order valence-electron chi connectivity index (χ0n) is 8.05. The number of hydrogen-bond donors (Lipinski definition) is 4. The van der Waals surface area contributed by atoms with Crippen LogP contribution in [0, 0.1) is 0 Å². The van der Waals surface area contributed by atoms with Gasteiger partial charge >= 0.3 is 5.97 Å². The summed E-state index contributed by atoms with van der Waals surface area (Å²) >= 11 is 3.13. The van der Waals surface area contributed by atoms with E-state index < -0.39 is 17.8 Å². The number of aliphatic hydroxyl groups excluding tert-OH is 1. The molecule has 1 atom stereocenters. The number of aliphatic hydroxyl groups is 1. The largest absolute Gasteiger partial charge is 0.507 e. The monoisotopic (exact) mass is 311 g/mol. The molecule has 1 rings (SSSR count). The van der Waals surface area contributed by atoms with E-state index in [9.17, 15) is 9.90 Å². The van der Waals surface area contributed by atoms with Gasteiger partial charge < -0.3 is 21.1 Å². The van der Waals surface area contributed by atoms with E-state index in [4.69, 9.17) is 15.9 Å². The van der Waals surface area contributed by atoms with Gasteiger partial charge in [-0.3, -0.25) is 0 Å². The van der Waals surface area contributed by atoms with Gasteiger partial charge in [-0.1, -0.05) is 15.9 Å². The minimum atomic E-state index is -1.24. The zero-order valence-corrected chi connectivity index (χ0v) is 10.5. The fraction of sp³-hybridized carbons (Fsp3) is 0.222. The molecule has 0 radical (unpaired) electrons. The van der Waals surface area contributed by atoms with Crippen molar-refractivity contribution < 1.29 is 20.1 Å². The van der Waals surface area contributed by atoms with Crippen molar-refractivity contribution in [2.45, 2.75) is 6.04 Å². The third kappa shape index (κ3) is 2.85. The average molecular weight is 313 g/mol. The first-order valence-corrected chi connectivity index (χ1v) is 4.89. The van der Waals surface area contributed by atoms with Gasteiger partial charge in [-0.15, -0.1) is 12.4 Å². The van der Waals surface area contributed by atoms with E-state index >= 15 is 0 Å². The van der Waals surface area contributed by atoms with Gasteiger partial charge in [0.15, 0.2) is 0 Å². The summed E-state index contributed by atoms with van der Waals surface area (Å²) in [7, 11) is 0. The summed E-state index contributed by atoms with van der Waals surface area (Å²) in [5, 5.41) is 27.3. The Morgan fingerprint density at radius 1 is 1.50 bits per heavy atom. The molecule has 1 aromatic rings. The van der Waals surface area contributed by atoms with Crippen molar-refractivity contribution in [1.82, 2.24) is 0 Å². The number of rotatable bonds is 3. The predicted octanol–water partition coefficient (Wildman–Crippen LogP) is 1.27. The first-order chi connectivity index (χ1) is 6.99. The van der Waals surface area contributed by atoms with Crippen LogP contribution in [0.4, 0.5) is 0 Å². The SMILES string of the molecule is Cl.N[C@H](CO)c1c(Br)ccc(C(=O)O)c1O. The predicted molar refractivity (Wildman–Crippen MR) is 64.0 cm³/mol. The maximum atomic E-state index is 10.7. The number of benzene rings is 1. The molecule has 0 heterocycles. The van der Waals surface area contributed by atoms with Crippen LogP contribution in [0.5, 0.6) is 5.75 Å². The van der Waals surface area contributed by atoms with Crippen LogP contribution in [0.25, 0.3) is 0 Å². The van der Waals surface area contributed by atoms with Crippen LogP contribution >= 0.6 is 28.3 Å². The van der Waals surface area contributed by atoms with Crippen molar-refractivity contribution in [3.05, 3.63) is 27.7 Å². The minimum Gasteiger partial charge on any atom is -0.507 e. The number of carbonyl (C=O) groups is 1. The van der Waals surface area contributed by atoms with Crippen LogP contribution in [0.3, 0.4) is 0 Å². The summed E-state index contributed by atoms with van der Waals surface area (Å²) < 4.78 is 0.464. The number of carboxylic acid groups (broad SMARTS) is 1. The molecule has 0 aromatic heterocycles. The fourth-order valence-electron chi connectivity index (χ4n) is 1.20. The van der Waals surface area contributed by atoms with Crippen LogP contribution in [-0.4, -0.2) is 27.9 Å². The second-order valence-corrected chi connectivity index (χ2v) is 3.81. The van der Waals surface area contributed by atoms with Gasteiger partial charge in [0.25, 0.3) is 0 Å². The zero-order chi connectivity index (χ0) is 11.6. The lowest BCUT2D eigenvalue weighted by Gasteiger charge is -2.14. The molecule has 0 aliphatic rings. The molecule has 0 fully saturated rings. The highest BCUT2D eigenvalue weighted by molar-refractivity contribution is 9.10. The fourth-order valence-corrected chi connectivity index (χ4v) is 1.81. The molecule has 0 saturated carbocycles. The highest BCUT2D eigenvalue weighted by Crippen LogP contribution is 2.33. The summed E-state index contributed by atoms with van der Waals surface area (Å²) in [6.45, 7) is -0.380. The number of aromatic carboxylic acids is 1. The normalized spacial score (nSPS) is 11.7. The maximum Gasteiger partial charge on any atom is 0.339 e. The molecular formula is C9H11BrClNO4. The van der Waals surface area contributed by atoms with E-state index in [1.807, 2.05) is 0 Å². The van der Waals surface area contributed by atoms with Crippen molar-refractivity contribution in [2.24, 2.45) is 5.73 Å². The Kier molecular flexibility index (Phi) is 5.74. The van der Waals surface area contributed by atoms with Crippen LogP contribution in [0.1, 0.15) is 22.0 Å². The van der Waals surface area contributed by atoms with E-state index in [-0.39, 0.29) is 30.1 Å². The Hall–Kier alpha value is -0.820. The third-order valence-corrected chi connectivity index (χ3v) is 2.65. The molecule has 0 amide bonds. The number of aromatic hydroxyl groups is 1. The van der Waals surface area contributed by atoms with Crippen molar-refractivity contribution in [1.29, 1.82) is 0 Å². The molecule has 7 heteroatoms. The number of carboxylic acids is 1.